The molecule has 0 aliphatic heterocycles. The monoisotopic (exact) mass is 400 g/mol. The Labute approximate surface area is 166 Å². The van der Waals surface area contributed by atoms with Crippen LogP contribution in [0, 0.1) is 0 Å². The summed E-state index contributed by atoms with van der Waals surface area (Å²) >= 11 is 1.53. The minimum absolute atomic E-state index is 0.149. The number of methoxy groups -OCH3 is 2. The summed E-state index contributed by atoms with van der Waals surface area (Å²) in [6.07, 6.45) is 2.84. The predicted octanol–water partition coefficient (Wildman–Crippen LogP) is 4.57. The van der Waals surface area contributed by atoms with Crippen molar-refractivity contribution >= 4 is 45.5 Å². The van der Waals surface area contributed by atoms with Crippen LogP contribution in [0.4, 0.5) is 10.5 Å². The van der Waals surface area contributed by atoms with Crippen molar-refractivity contribution in [1.82, 2.24) is 4.98 Å². The van der Waals surface area contributed by atoms with E-state index in [1.165, 1.54) is 18.4 Å². The number of carbonyl (C=O) groups is 1. The van der Waals surface area contributed by atoms with E-state index >= 15 is 0 Å². The van der Waals surface area contributed by atoms with Gasteiger partial charge in [-0.05, 0) is 42.0 Å². The van der Waals surface area contributed by atoms with Crippen LogP contribution in [-0.4, -0.2) is 44.2 Å². The van der Waals surface area contributed by atoms with E-state index in [4.69, 9.17) is 19.3 Å². The molecule has 0 fully saturated rings. The van der Waals surface area contributed by atoms with Gasteiger partial charge >= 0.3 is 6.09 Å². The molecule has 0 unspecified atom stereocenters. The van der Waals surface area contributed by atoms with Crippen molar-refractivity contribution in [2.75, 3.05) is 33.0 Å². The maximum atomic E-state index is 11.1. The van der Waals surface area contributed by atoms with Crippen molar-refractivity contribution in [3.8, 4) is 11.5 Å². The number of thiazole rings is 1. The zero-order valence-corrected chi connectivity index (χ0v) is 16.5. The third-order valence-electron chi connectivity index (χ3n) is 4.00. The maximum absolute atomic E-state index is 11.1. The molecule has 28 heavy (non-hydrogen) atoms. The smallest absolute Gasteiger partial charge is 0.411 e. The Bertz CT molecular complexity index is 1010. The first-order valence-electron chi connectivity index (χ1n) is 8.37. The molecule has 1 heterocycles. The number of aromatic nitrogens is 1. The van der Waals surface area contributed by atoms with Crippen LogP contribution >= 0.6 is 11.3 Å². The number of fused-ring (bicyclic) bond motifs is 1. The summed E-state index contributed by atoms with van der Waals surface area (Å²) in [5.74, 6) is 1.22. The molecule has 1 amide bonds. The standard InChI is InChI=1S/C20H20N2O5S/c1-22(20(23)24)14-6-8-18-15(11-14)21-19(28-18)9-5-13-4-7-16(27-12-25-2)17(10-13)26-3/h4-11H,12H2,1-3H3,(H,23,24)/b9-5+. The Hall–Kier alpha value is -3.10. The Morgan fingerprint density at radius 3 is 2.71 bits per heavy atom. The molecule has 1 aromatic heterocycles. The minimum Gasteiger partial charge on any atom is -0.493 e. The average molecular weight is 400 g/mol. The normalized spacial score (nSPS) is 11.1. The lowest BCUT2D eigenvalue weighted by Crippen LogP contribution is -2.23. The van der Waals surface area contributed by atoms with Gasteiger partial charge < -0.3 is 19.3 Å². The van der Waals surface area contributed by atoms with Crippen LogP contribution < -0.4 is 14.4 Å². The van der Waals surface area contributed by atoms with Crippen LogP contribution in [0.3, 0.4) is 0 Å². The van der Waals surface area contributed by atoms with Crippen LogP contribution in [0.25, 0.3) is 22.4 Å². The molecule has 2 aromatic carbocycles. The summed E-state index contributed by atoms with van der Waals surface area (Å²) in [7, 11) is 4.65. The fraction of sp³-hybridized carbons (Fsp3) is 0.200. The Kier molecular flexibility index (Phi) is 6.13. The van der Waals surface area contributed by atoms with Gasteiger partial charge in [0.2, 0.25) is 0 Å². The van der Waals surface area contributed by atoms with E-state index in [0.29, 0.717) is 17.2 Å². The van der Waals surface area contributed by atoms with Gasteiger partial charge in [0.05, 0.1) is 17.3 Å². The van der Waals surface area contributed by atoms with Gasteiger partial charge in [-0.1, -0.05) is 12.1 Å². The molecule has 0 spiro atoms. The highest BCUT2D eigenvalue weighted by molar-refractivity contribution is 7.19. The van der Waals surface area contributed by atoms with Crippen LogP contribution in [-0.2, 0) is 4.74 Å². The number of ether oxygens (including phenoxy) is 3. The molecule has 3 aromatic rings. The predicted molar refractivity (Wildman–Crippen MR) is 110 cm³/mol. The lowest BCUT2D eigenvalue weighted by atomic mass is 10.2. The van der Waals surface area contributed by atoms with Crippen LogP contribution in [0.15, 0.2) is 36.4 Å². The number of carboxylic acid groups (broad SMARTS) is 1. The minimum atomic E-state index is -1.01. The highest BCUT2D eigenvalue weighted by Gasteiger charge is 2.10. The second-order valence-corrected chi connectivity index (χ2v) is 6.90. The van der Waals surface area contributed by atoms with E-state index in [1.54, 1.807) is 26.4 Å². The Morgan fingerprint density at radius 2 is 2.00 bits per heavy atom. The van der Waals surface area contributed by atoms with E-state index in [9.17, 15) is 4.79 Å². The molecule has 0 aliphatic rings. The van der Waals surface area contributed by atoms with Gasteiger partial charge in [-0.25, -0.2) is 9.78 Å². The SMILES string of the molecule is COCOc1ccc(/C=C/c2nc3cc(N(C)C(=O)O)ccc3s2)cc1OC. The molecule has 146 valence electrons. The van der Waals surface area contributed by atoms with E-state index in [2.05, 4.69) is 4.98 Å². The average Bonchev–Trinajstić information content (AvgIpc) is 3.12. The van der Waals surface area contributed by atoms with Crippen molar-refractivity contribution < 1.29 is 24.1 Å². The van der Waals surface area contributed by atoms with E-state index < -0.39 is 6.09 Å². The number of rotatable bonds is 7. The number of amides is 1. The summed E-state index contributed by atoms with van der Waals surface area (Å²) in [6, 6.07) is 11.0. The fourth-order valence-corrected chi connectivity index (χ4v) is 3.37. The third-order valence-corrected chi connectivity index (χ3v) is 5.00. The van der Waals surface area contributed by atoms with E-state index in [1.807, 2.05) is 36.4 Å². The molecule has 0 radical (unpaired) electrons. The van der Waals surface area contributed by atoms with Crippen molar-refractivity contribution in [1.29, 1.82) is 0 Å². The molecule has 3 rings (SSSR count). The zero-order chi connectivity index (χ0) is 20.1. The van der Waals surface area contributed by atoms with Crippen LogP contribution in [0.2, 0.25) is 0 Å². The lowest BCUT2D eigenvalue weighted by molar-refractivity contribution is 0.0491. The largest absolute Gasteiger partial charge is 0.493 e. The molecule has 0 aliphatic carbocycles. The molecule has 0 bridgehead atoms. The molecule has 0 atom stereocenters. The summed E-state index contributed by atoms with van der Waals surface area (Å²) in [4.78, 5) is 16.8. The topological polar surface area (TPSA) is 81.1 Å². The summed E-state index contributed by atoms with van der Waals surface area (Å²) in [6.45, 7) is 0.149. The quantitative estimate of drug-likeness (QED) is 0.585. The van der Waals surface area contributed by atoms with Crippen molar-refractivity contribution in [2.45, 2.75) is 0 Å². The zero-order valence-electron chi connectivity index (χ0n) is 15.7. The Balaban J connectivity index is 1.82. The second kappa shape index (κ2) is 8.73. The van der Waals surface area contributed by atoms with Crippen LogP contribution in [0.1, 0.15) is 10.6 Å². The van der Waals surface area contributed by atoms with Gasteiger partial charge in [-0.3, -0.25) is 4.90 Å². The number of benzene rings is 2. The number of hydrogen-bond donors (Lipinski definition) is 1. The van der Waals surface area contributed by atoms with Crippen molar-refractivity contribution in [3.05, 3.63) is 47.0 Å². The Morgan fingerprint density at radius 1 is 1.18 bits per heavy atom. The number of nitrogens with zero attached hydrogens (tertiary/aromatic N) is 2. The molecule has 8 heteroatoms. The van der Waals surface area contributed by atoms with E-state index in [-0.39, 0.29) is 6.79 Å². The first kappa shape index (κ1) is 19.7. The van der Waals surface area contributed by atoms with Gasteiger partial charge in [-0.2, -0.15) is 0 Å². The highest BCUT2D eigenvalue weighted by atomic mass is 32.1. The molecular formula is C20H20N2O5S. The molecular weight excluding hydrogens is 380 g/mol. The van der Waals surface area contributed by atoms with Gasteiger partial charge in [0, 0.05) is 19.8 Å². The lowest BCUT2D eigenvalue weighted by Gasteiger charge is -2.12. The first-order valence-corrected chi connectivity index (χ1v) is 9.18. The molecule has 7 nitrogen and oxygen atoms in total. The van der Waals surface area contributed by atoms with Gasteiger partial charge in [-0.15, -0.1) is 11.3 Å². The molecule has 1 N–H and O–H groups in total. The van der Waals surface area contributed by atoms with Crippen molar-refractivity contribution in [2.24, 2.45) is 0 Å². The fourth-order valence-electron chi connectivity index (χ4n) is 2.52. The second-order valence-electron chi connectivity index (χ2n) is 5.84. The van der Waals surface area contributed by atoms with Gasteiger partial charge in [0.15, 0.2) is 18.3 Å². The summed E-state index contributed by atoms with van der Waals surface area (Å²) in [5.41, 5.74) is 2.28. The molecule has 0 saturated heterocycles. The summed E-state index contributed by atoms with van der Waals surface area (Å²) in [5, 5.41) is 9.93. The third kappa shape index (κ3) is 4.41. The maximum Gasteiger partial charge on any atom is 0.411 e. The molecule has 0 saturated carbocycles. The van der Waals surface area contributed by atoms with Gasteiger partial charge in [0.25, 0.3) is 0 Å². The van der Waals surface area contributed by atoms with Gasteiger partial charge in [0.1, 0.15) is 5.01 Å². The number of hydrogen-bond acceptors (Lipinski definition) is 6. The first-order chi connectivity index (χ1) is 13.5. The number of anilines is 1. The van der Waals surface area contributed by atoms with Crippen LogP contribution in [0.5, 0.6) is 11.5 Å². The highest BCUT2D eigenvalue weighted by Crippen LogP contribution is 2.30. The van der Waals surface area contributed by atoms with Crippen molar-refractivity contribution in [3.63, 3.8) is 0 Å². The summed E-state index contributed by atoms with van der Waals surface area (Å²) < 4.78 is 16.7. The van der Waals surface area contributed by atoms with E-state index in [0.717, 1.165) is 25.7 Å².